The molecule has 0 aliphatic heterocycles. The minimum Gasteiger partial charge on any atom is -0.305 e. The van der Waals surface area contributed by atoms with E-state index in [1.54, 1.807) is 48.5 Å². The van der Waals surface area contributed by atoms with Crippen molar-refractivity contribution >= 4 is 45.8 Å². The minimum atomic E-state index is -0.302. The molecule has 1 N–H and O–H groups in total. The van der Waals surface area contributed by atoms with Crippen LogP contribution >= 0.6 is 23.2 Å². The first-order valence-electron chi connectivity index (χ1n) is 6.65. The van der Waals surface area contributed by atoms with Crippen molar-refractivity contribution in [1.82, 2.24) is 9.97 Å². The van der Waals surface area contributed by atoms with Gasteiger partial charge in [-0.3, -0.25) is 4.79 Å². The molecule has 0 aliphatic rings. The Bertz CT molecular complexity index is 1030. The molecule has 3 aromatic rings. The molecule has 6 heteroatoms. The largest absolute Gasteiger partial charge is 0.305 e. The lowest BCUT2D eigenvalue weighted by molar-refractivity contribution is 1.13. The second kappa shape index (κ2) is 6.25. The zero-order valence-corrected chi connectivity index (χ0v) is 13.2. The average Bonchev–Trinajstić information content (AvgIpc) is 2.55. The first kappa shape index (κ1) is 15.3. The number of nitrogens with zero attached hydrogens (tertiary/aromatic N) is 2. The van der Waals surface area contributed by atoms with Gasteiger partial charge in [0.15, 0.2) is 5.82 Å². The second-order valence-electron chi connectivity index (χ2n) is 4.77. The van der Waals surface area contributed by atoms with Crippen LogP contribution in [0.15, 0.2) is 47.3 Å². The summed E-state index contributed by atoms with van der Waals surface area (Å²) >= 11 is 12.1. The Morgan fingerprint density at radius 2 is 2.00 bits per heavy atom. The minimum absolute atomic E-state index is 0.187. The van der Waals surface area contributed by atoms with Crippen molar-refractivity contribution in [3.63, 3.8) is 0 Å². The Kier molecular flexibility index (Phi) is 4.16. The van der Waals surface area contributed by atoms with Gasteiger partial charge >= 0.3 is 0 Å². The molecule has 1 heterocycles. The number of nitriles is 1. The van der Waals surface area contributed by atoms with E-state index in [9.17, 15) is 10.1 Å². The Morgan fingerprint density at radius 3 is 2.78 bits per heavy atom. The average molecular weight is 342 g/mol. The number of H-pyrrole nitrogens is 1. The second-order valence-corrected chi connectivity index (χ2v) is 5.61. The van der Waals surface area contributed by atoms with Gasteiger partial charge in [0.05, 0.1) is 16.5 Å². The molecule has 1 aromatic heterocycles. The van der Waals surface area contributed by atoms with Crippen LogP contribution in [0.1, 0.15) is 11.4 Å². The molecule has 3 rings (SSSR count). The van der Waals surface area contributed by atoms with Crippen LogP contribution in [0.25, 0.3) is 22.6 Å². The van der Waals surface area contributed by atoms with E-state index < -0.39 is 0 Å². The van der Waals surface area contributed by atoms with Crippen molar-refractivity contribution in [2.24, 2.45) is 0 Å². The van der Waals surface area contributed by atoms with Crippen molar-refractivity contribution < 1.29 is 0 Å². The number of nitrogens with one attached hydrogen (secondary N) is 1. The van der Waals surface area contributed by atoms with Gasteiger partial charge in [-0.15, -0.1) is 0 Å². The molecule has 0 unspecified atom stereocenters. The van der Waals surface area contributed by atoms with E-state index >= 15 is 0 Å². The fourth-order valence-corrected chi connectivity index (χ4v) is 2.50. The number of hydrogen-bond donors (Lipinski definition) is 1. The van der Waals surface area contributed by atoms with E-state index in [2.05, 4.69) is 9.97 Å². The number of halogens is 2. The summed E-state index contributed by atoms with van der Waals surface area (Å²) in [6, 6.07) is 13.9. The topological polar surface area (TPSA) is 69.5 Å². The highest BCUT2D eigenvalue weighted by Crippen LogP contribution is 2.25. The molecule has 0 saturated heterocycles. The van der Waals surface area contributed by atoms with Gasteiger partial charge in [-0.05, 0) is 42.0 Å². The van der Waals surface area contributed by atoms with E-state index in [0.29, 0.717) is 26.5 Å². The fraction of sp³-hybridized carbons (Fsp3) is 0. The van der Waals surface area contributed by atoms with Crippen LogP contribution in [0.4, 0.5) is 0 Å². The van der Waals surface area contributed by atoms with Crippen molar-refractivity contribution in [3.8, 4) is 6.07 Å². The van der Waals surface area contributed by atoms with E-state index in [0.717, 1.165) is 0 Å². The number of benzene rings is 2. The smallest absolute Gasteiger partial charge is 0.259 e. The zero-order valence-electron chi connectivity index (χ0n) is 11.7. The lowest BCUT2D eigenvalue weighted by atomic mass is 10.1. The highest BCUT2D eigenvalue weighted by molar-refractivity contribution is 6.34. The molecule has 0 saturated carbocycles. The van der Waals surface area contributed by atoms with Gasteiger partial charge in [-0.1, -0.05) is 35.3 Å². The number of hydrogen-bond acceptors (Lipinski definition) is 3. The molecule has 0 aliphatic carbocycles. The molecule has 4 nitrogen and oxygen atoms in total. The summed E-state index contributed by atoms with van der Waals surface area (Å²) in [5.74, 6) is 0.187. The third-order valence-corrected chi connectivity index (χ3v) is 3.83. The molecule has 0 fully saturated rings. The lowest BCUT2D eigenvalue weighted by Crippen LogP contribution is -2.11. The van der Waals surface area contributed by atoms with E-state index in [4.69, 9.17) is 23.2 Å². The van der Waals surface area contributed by atoms with Gasteiger partial charge in [0, 0.05) is 10.0 Å². The number of allylic oxidation sites excluding steroid dienone is 1. The maximum atomic E-state index is 12.1. The van der Waals surface area contributed by atoms with Crippen molar-refractivity contribution in [3.05, 3.63) is 74.3 Å². The Hall–Kier alpha value is -2.61. The summed E-state index contributed by atoms with van der Waals surface area (Å²) in [6.07, 6.45) is 1.54. The van der Waals surface area contributed by atoms with Gasteiger partial charge < -0.3 is 4.98 Å². The normalized spacial score (nSPS) is 11.4. The number of aromatic nitrogens is 2. The summed E-state index contributed by atoms with van der Waals surface area (Å²) in [7, 11) is 0. The first-order valence-corrected chi connectivity index (χ1v) is 7.40. The number of para-hydroxylation sites is 1. The van der Waals surface area contributed by atoms with E-state index in [1.807, 2.05) is 6.07 Å². The van der Waals surface area contributed by atoms with Gasteiger partial charge in [0.1, 0.15) is 6.07 Å². The fourth-order valence-electron chi connectivity index (χ4n) is 2.15. The SMILES string of the molecule is N#C/C(=C/c1cc(Cl)ccc1Cl)c1nc2ccccc2c(=O)[nH]1. The van der Waals surface area contributed by atoms with E-state index in [1.165, 1.54) is 0 Å². The molecular formula is C17H9Cl2N3O. The maximum absolute atomic E-state index is 12.1. The predicted octanol–water partition coefficient (Wildman–Crippen LogP) is 4.29. The number of aromatic amines is 1. The molecule has 2 aromatic carbocycles. The van der Waals surface area contributed by atoms with Crippen LogP contribution < -0.4 is 5.56 Å². The highest BCUT2D eigenvalue weighted by Gasteiger charge is 2.09. The van der Waals surface area contributed by atoms with Gasteiger partial charge in [-0.2, -0.15) is 5.26 Å². The Labute approximate surface area is 141 Å². The third kappa shape index (κ3) is 3.11. The molecule has 112 valence electrons. The summed E-state index contributed by atoms with van der Waals surface area (Å²) < 4.78 is 0. The van der Waals surface area contributed by atoms with E-state index in [-0.39, 0.29) is 17.0 Å². The van der Waals surface area contributed by atoms with Crippen LogP contribution in [0.2, 0.25) is 10.0 Å². The monoisotopic (exact) mass is 341 g/mol. The molecular weight excluding hydrogens is 333 g/mol. The lowest BCUT2D eigenvalue weighted by Gasteiger charge is -2.03. The third-order valence-electron chi connectivity index (χ3n) is 3.25. The van der Waals surface area contributed by atoms with Gasteiger partial charge in [0.2, 0.25) is 0 Å². The number of rotatable bonds is 2. The standard InChI is InChI=1S/C17H9Cl2N3O/c18-12-5-6-14(19)10(8-12)7-11(9-20)16-21-15-4-2-1-3-13(15)17(23)22-16/h1-8H,(H,21,22,23)/b11-7-. The number of fused-ring (bicyclic) bond motifs is 1. The molecule has 0 spiro atoms. The predicted molar refractivity (Wildman–Crippen MR) is 92.3 cm³/mol. The maximum Gasteiger partial charge on any atom is 0.259 e. The van der Waals surface area contributed by atoms with Gasteiger partial charge in [0.25, 0.3) is 5.56 Å². The van der Waals surface area contributed by atoms with Crippen molar-refractivity contribution in [1.29, 1.82) is 5.26 Å². The summed E-state index contributed by atoms with van der Waals surface area (Å²) in [5, 5.41) is 10.8. The molecule has 0 atom stereocenters. The molecule has 0 bridgehead atoms. The quantitative estimate of drug-likeness (QED) is 0.706. The molecule has 0 amide bonds. The van der Waals surface area contributed by atoms with Crippen molar-refractivity contribution in [2.45, 2.75) is 0 Å². The Balaban J connectivity index is 2.19. The Morgan fingerprint density at radius 1 is 1.22 bits per heavy atom. The summed E-state index contributed by atoms with van der Waals surface area (Å²) in [4.78, 5) is 19.1. The summed E-state index contributed by atoms with van der Waals surface area (Å²) in [5.41, 5.74) is 0.983. The van der Waals surface area contributed by atoms with Crippen LogP contribution in [0, 0.1) is 11.3 Å². The van der Waals surface area contributed by atoms with Gasteiger partial charge in [-0.25, -0.2) is 4.98 Å². The molecule has 0 radical (unpaired) electrons. The van der Waals surface area contributed by atoms with Crippen molar-refractivity contribution in [2.75, 3.05) is 0 Å². The van der Waals surface area contributed by atoms with Crippen LogP contribution in [0.5, 0.6) is 0 Å². The van der Waals surface area contributed by atoms with Crippen LogP contribution in [-0.2, 0) is 0 Å². The highest BCUT2D eigenvalue weighted by atomic mass is 35.5. The molecule has 23 heavy (non-hydrogen) atoms. The zero-order chi connectivity index (χ0) is 16.4. The van der Waals surface area contributed by atoms with Crippen LogP contribution in [0.3, 0.4) is 0 Å². The first-order chi connectivity index (χ1) is 11.1. The summed E-state index contributed by atoms with van der Waals surface area (Å²) in [6.45, 7) is 0. The van der Waals surface area contributed by atoms with Crippen LogP contribution in [-0.4, -0.2) is 9.97 Å².